The summed E-state index contributed by atoms with van der Waals surface area (Å²) in [5.41, 5.74) is 0.382. The Kier molecular flexibility index (Phi) is 6.49. The van der Waals surface area contributed by atoms with Crippen LogP contribution in [0.25, 0.3) is 0 Å². The van der Waals surface area contributed by atoms with Crippen molar-refractivity contribution in [2.75, 3.05) is 10.0 Å². The van der Waals surface area contributed by atoms with Crippen LogP contribution in [0.3, 0.4) is 0 Å². The fraction of sp³-hybridized carbons (Fsp3) is 0.0500. The maximum Gasteiger partial charge on any atom is 0.273 e. The zero-order valence-electron chi connectivity index (χ0n) is 15.9. The molecule has 31 heavy (non-hydrogen) atoms. The summed E-state index contributed by atoms with van der Waals surface area (Å²) in [6.07, 6.45) is 0. The van der Waals surface area contributed by atoms with Gasteiger partial charge in [-0.1, -0.05) is 41.4 Å². The van der Waals surface area contributed by atoms with Gasteiger partial charge >= 0.3 is 0 Å². The number of para-hydroxylation sites is 1. The molecule has 0 aliphatic heterocycles. The number of benzene rings is 3. The summed E-state index contributed by atoms with van der Waals surface area (Å²) in [5.74, 6) is -0.633. The van der Waals surface area contributed by atoms with Crippen molar-refractivity contribution in [3.63, 3.8) is 0 Å². The highest BCUT2D eigenvalue weighted by atomic mass is 35.5. The largest absolute Gasteiger partial charge is 0.322 e. The minimum atomic E-state index is -4.12. The van der Waals surface area contributed by atoms with Crippen LogP contribution in [0.15, 0.2) is 65.6 Å². The first-order valence-corrected chi connectivity index (χ1v) is 11.0. The van der Waals surface area contributed by atoms with Gasteiger partial charge in [-0.2, -0.15) is 0 Å². The first-order valence-electron chi connectivity index (χ1n) is 8.72. The van der Waals surface area contributed by atoms with Gasteiger partial charge in [0.2, 0.25) is 0 Å². The van der Waals surface area contributed by atoms with E-state index in [2.05, 4.69) is 10.0 Å². The standard InChI is InChI=1S/C20H15Cl2N3O5S/c1-12-14(5-4-8-18(12)25(27)28)20(26)23-13-9-10-16(22)19(11-13)31(29,30)24-17-7-3-2-6-15(17)21/h2-11,24H,1H3,(H,23,26). The van der Waals surface area contributed by atoms with Gasteiger partial charge in [0, 0.05) is 22.9 Å². The third kappa shape index (κ3) is 4.96. The molecule has 0 fully saturated rings. The second kappa shape index (κ2) is 8.93. The summed E-state index contributed by atoms with van der Waals surface area (Å²) in [5, 5.41) is 13.8. The van der Waals surface area contributed by atoms with Gasteiger partial charge in [0.25, 0.3) is 21.6 Å². The van der Waals surface area contributed by atoms with Gasteiger partial charge in [-0.3, -0.25) is 19.6 Å². The number of nitro benzene ring substituents is 1. The smallest absolute Gasteiger partial charge is 0.273 e. The van der Waals surface area contributed by atoms with Crippen molar-refractivity contribution in [1.82, 2.24) is 0 Å². The average Bonchev–Trinajstić information content (AvgIpc) is 2.70. The van der Waals surface area contributed by atoms with Crippen molar-refractivity contribution in [3.05, 3.63) is 92.0 Å². The zero-order valence-corrected chi connectivity index (χ0v) is 18.3. The summed E-state index contributed by atoms with van der Waals surface area (Å²) < 4.78 is 28.0. The second-order valence-corrected chi connectivity index (χ2v) is 8.86. The van der Waals surface area contributed by atoms with Crippen molar-refractivity contribution in [1.29, 1.82) is 0 Å². The molecule has 0 aliphatic rings. The molecule has 3 aromatic rings. The molecular weight excluding hydrogens is 465 g/mol. The van der Waals surface area contributed by atoms with Crippen molar-refractivity contribution in [3.8, 4) is 0 Å². The lowest BCUT2D eigenvalue weighted by atomic mass is 10.1. The fourth-order valence-electron chi connectivity index (χ4n) is 2.80. The zero-order chi connectivity index (χ0) is 22.8. The molecule has 0 radical (unpaired) electrons. The summed E-state index contributed by atoms with van der Waals surface area (Å²) in [4.78, 5) is 22.9. The van der Waals surface area contributed by atoms with Crippen LogP contribution in [-0.2, 0) is 10.0 Å². The summed E-state index contributed by atoms with van der Waals surface area (Å²) in [6, 6.07) is 14.3. The normalized spacial score (nSPS) is 11.1. The highest BCUT2D eigenvalue weighted by Crippen LogP contribution is 2.30. The SMILES string of the molecule is Cc1c(C(=O)Nc2ccc(Cl)c(S(=O)(=O)Nc3ccccc3Cl)c2)cccc1[N+](=O)[O-]. The van der Waals surface area contributed by atoms with Gasteiger partial charge in [0.05, 0.1) is 20.7 Å². The molecule has 3 aromatic carbocycles. The lowest BCUT2D eigenvalue weighted by molar-refractivity contribution is -0.385. The number of nitrogens with one attached hydrogen (secondary N) is 2. The third-order valence-electron chi connectivity index (χ3n) is 4.34. The minimum Gasteiger partial charge on any atom is -0.322 e. The Hall–Kier alpha value is -3.14. The number of hydrogen-bond acceptors (Lipinski definition) is 5. The fourth-order valence-corrected chi connectivity index (χ4v) is 4.64. The topological polar surface area (TPSA) is 118 Å². The van der Waals surface area contributed by atoms with Crippen LogP contribution in [0.2, 0.25) is 10.0 Å². The van der Waals surface area contributed by atoms with Gasteiger partial charge in [-0.25, -0.2) is 8.42 Å². The number of sulfonamides is 1. The quantitative estimate of drug-likeness (QED) is 0.368. The molecule has 0 saturated carbocycles. The Morgan fingerprint density at radius 1 is 1.00 bits per heavy atom. The molecule has 0 atom stereocenters. The molecule has 0 saturated heterocycles. The van der Waals surface area contributed by atoms with E-state index in [1.165, 1.54) is 55.5 Å². The van der Waals surface area contributed by atoms with Crippen molar-refractivity contribution in [2.24, 2.45) is 0 Å². The Morgan fingerprint density at radius 3 is 2.39 bits per heavy atom. The molecule has 1 amide bonds. The molecule has 0 spiro atoms. The number of rotatable bonds is 6. The Bertz CT molecular complexity index is 1300. The molecule has 8 nitrogen and oxygen atoms in total. The van der Waals surface area contributed by atoms with Gasteiger partial charge in [0.1, 0.15) is 4.90 Å². The van der Waals surface area contributed by atoms with Gasteiger partial charge in [0.15, 0.2) is 0 Å². The first kappa shape index (κ1) is 22.5. The summed E-state index contributed by atoms with van der Waals surface area (Å²) >= 11 is 12.1. The van der Waals surface area contributed by atoms with Crippen LogP contribution in [0.5, 0.6) is 0 Å². The summed E-state index contributed by atoms with van der Waals surface area (Å²) in [6.45, 7) is 1.46. The molecule has 0 aliphatic carbocycles. The molecule has 0 unspecified atom stereocenters. The van der Waals surface area contributed by atoms with Gasteiger partial charge in [-0.05, 0) is 43.3 Å². The number of nitrogens with zero attached hydrogens (tertiary/aromatic N) is 1. The molecule has 3 rings (SSSR count). The number of halogens is 2. The van der Waals surface area contributed by atoms with E-state index in [-0.39, 0.29) is 43.1 Å². The Balaban J connectivity index is 1.91. The molecule has 0 heterocycles. The summed E-state index contributed by atoms with van der Waals surface area (Å²) in [7, 11) is -4.12. The lowest BCUT2D eigenvalue weighted by Crippen LogP contribution is -2.16. The predicted molar refractivity (Wildman–Crippen MR) is 119 cm³/mol. The van der Waals surface area contributed by atoms with Crippen LogP contribution in [-0.4, -0.2) is 19.2 Å². The first-order chi connectivity index (χ1) is 14.6. The molecule has 11 heteroatoms. The van der Waals surface area contributed by atoms with E-state index in [0.717, 1.165) is 0 Å². The number of hydrogen-bond donors (Lipinski definition) is 2. The predicted octanol–water partition coefficient (Wildman–Crippen LogP) is 5.26. The van der Waals surface area contributed by atoms with Crippen LogP contribution >= 0.6 is 23.2 Å². The third-order valence-corrected chi connectivity index (χ3v) is 6.52. The maximum atomic E-state index is 12.8. The van der Waals surface area contributed by atoms with Crippen LogP contribution in [0.1, 0.15) is 15.9 Å². The molecular formula is C20H15Cl2N3O5S. The molecule has 0 bridgehead atoms. The Labute approximate surface area is 188 Å². The van der Waals surface area contributed by atoms with Crippen LogP contribution in [0, 0.1) is 17.0 Å². The van der Waals surface area contributed by atoms with E-state index >= 15 is 0 Å². The average molecular weight is 480 g/mol. The Morgan fingerprint density at radius 2 is 1.71 bits per heavy atom. The van der Waals surface area contributed by atoms with Crippen molar-refractivity contribution >= 4 is 56.2 Å². The number of anilines is 2. The number of nitro groups is 1. The van der Waals surface area contributed by atoms with E-state index in [9.17, 15) is 23.3 Å². The number of carbonyl (C=O) groups excluding carboxylic acids is 1. The van der Waals surface area contributed by atoms with E-state index in [4.69, 9.17) is 23.2 Å². The molecule has 2 N–H and O–H groups in total. The van der Waals surface area contributed by atoms with Gasteiger partial charge in [-0.15, -0.1) is 0 Å². The van der Waals surface area contributed by atoms with E-state index in [1.807, 2.05) is 0 Å². The maximum absolute atomic E-state index is 12.8. The monoisotopic (exact) mass is 479 g/mol. The van der Waals surface area contributed by atoms with Gasteiger partial charge < -0.3 is 5.32 Å². The van der Waals surface area contributed by atoms with E-state index in [0.29, 0.717) is 0 Å². The number of carbonyl (C=O) groups is 1. The highest BCUT2D eigenvalue weighted by Gasteiger charge is 2.22. The van der Waals surface area contributed by atoms with E-state index in [1.54, 1.807) is 12.1 Å². The highest BCUT2D eigenvalue weighted by molar-refractivity contribution is 7.92. The van der Waals surface area contributed by atoms with E-state index < -0.39 is 20.9 Å². The lowest BCUT2D eigenvalue weighted by Gasteiger charge is -2.13. The van der Waals surface area contributed by atoms with Crippen molar-refractivity contribution in [2.45, 2.75) is 11.8 Å². The second-order valence-electron chi connectivity index (χ2n) is 6.39. The minimum absolute atomic E-state index is 0.0657. The van der Waals surface area contributed by atoms with Crippen LogP contribution in [0.4, 0.5) is 17.1 Å². The van der Waals surface area contributed by atoms with Crippen molar-refractivity contribution < 1.29 is 18.1 Å². The molecule has 0 aromatic heterocycles. The molecule has 160 valence electrons. The number of amides is 1. The van der Waals surface area contributed by atoms with Crippen LogP contribution < -0.4 is 10.0 Å².